The van der Waals surface area contributed by atoms with E-state index in [1.165, 1.54) is 27.8 Å². The Labute approximate surface area is 202 Å². The number of sulfonamides is 1. The highest BCUT2D eigenvalue weighted by Crippen LogP contribution is 2.37. The number of fused-ring (bicyclic) bond motifs is 1. The molecule has 2 aromatic carbocycles. The van der Waals surface area contributed by atoms with Crippen LogP contribution < -0.4 is 14.8 Å². The van der Waals surface area contributed by atoms with Gasteiger partial charge in [0.15, 0.2) is 11.5 Å². The average molecular weight is 500 g/mol. The van der Waals surface area contributed by atoms with Crippen LogP contribution in [0.5, 0.6) is 11.5 Å². The van der Waals surface area contributed by atoms with Crippen molar-refractivity contribution in [3.8, 4) is 21.9 Å². The minimum absolute atomic E-state index is 0.229. The highest BCUT2D eigenvalue weighted by atomic mass is 32.2. The largest absolute Gasteiger partial charge is 0.486 e. The fourth-order valence-electron chi connectivity index (χ4n) is 3.89. The molecule has 0 atom stereocenters. The summed E-state index contributed by atoms with van der Waals surface area (Å²) >= 11 is 1.38. The number of benzene rings is 2. The Morgan fingerprint density at radius 1 is 0.912 bits per heavy atom. The number of ether oxygens (including phenoxy) is 2. The number of thiophene rings is 1. The first kappa shape index (κ1) is 22.9. The zero-order valence-corrected chi connectivity index (χ0v) is 20.3. The van der Waals surface area contributed by atoms with Crippen LogP contribution >= 0.6 is 11.3 Å². The van der Waals surface area contributed by atoms with Crippen molar-refractivity contribution in [3.05, 3.63) is 59.5 Å². The van der Waals surface area contributed by atoms with Crippen LogP contribution in [-0.2, 0) is 10.0 Å². The number of rotatable bonds is 5. The summed E-state index contributed by atoms with van der Waals surface area (Å²) in [6, 6.07) is 15.7. The van der Waals surface area contributed by atoms with Crippen molar-refractivity contribution in [2.45, 2.75) is 4.90 Å². The van der Waals surface area contributed by atoms with Crippen molar-refractivity contribution in [2.75, 3.05) is 51.8 Å². The highest BCUT2D eigenvalue weighted by Gasteiger charge is 2.27. The van der Waals surface area contributed by atoms with E-state index in [-0.39, 0.29) is 10.8 Å². The molecule has 0 spiro atoms. The second kappa shape index (κ2) is 9.38. The Hall–Kier alpha value is -2.92. The van der Waals surface area contributed by atoms with Crippen LogP contribution in [0.1, 0.15) is 9.67 Å². The number of nitrogens with one attached hydrogen (secondary N) is 1. The van der Waals surface area contributed by atoms with Gasteiger partial charge in [-0.3, -0.25) is 4.79 Å². The number of carbonyl (C=O) groups is 1. The first-order valence-corrected chi connectivity index (χ1v) is 13.3. The molecule has 2 aliphatic heterocycles. The number of nitrogens with zero attached hydrogens (tertiary/aromatic N) is 2. The standard InChI is InChI=1S/C24H25N3O5S2/c1-26-10-12-27(13-11-26)34(29,30)19-5-3-18(4-6-19)25-24(28)23-9-8-22(33-23)17-2-7-20-21(16-17)32-15-14-31-20/h2-9,16H,10-15H2,1H3,(H,25,28). The summed E-state index contributed by atoms with van der Waals surface area (Å²) in [6.45, 7) is 3.43. The summed E-state index contributed by atoms with van der Waals surface area (Å²) in [5, 5.41) is 2.85. The Morgan fingerprint density at radius 3 is 2.35 bits per heavy atom. The van der Waals surface area contributed by atoms with Gasteiger partial charge in [-0.1, -0.05) is 0 Å². The van der Waals surface area contributed by atoms with Crippen LogP contribution in [0.15, 0.2) is 59.5 Å². The van der Waals surface area contributed by atoms with Crippen molar-refractivity contribution in [1.29, 1.82) is 0 Å². The molecule has 1 N–H and O–H groups in total. The van der Waals surface area contributed by atoms with Gasteiger partial charge in [0.05, 0.1) is 9.77 Å². The number of likely N-dealkylation sites (N-methyl/N-ethyl adjacent to an activating group) is 1. The highest BCUT2D eigenvalue weighted by molar-refractivity contribution is 7.89. The molecule has 3 aromatic rings. The molecule has 0 bridgehead atoms. The monoisotopic (exact) mass is 499 g/mol. The first-order chi connectivity index (χ1) is 16.4. The molecule has 5 rings (SSSR count). The molecular weight excluding hydrogens is 474 g/mol. The zero-order valence-electron chi connectivity index (χ0n) is 18.7. The predicted molar refractivity (Wildman–Crippen MR) is 131 cm³/mol. The lowest BCUT2D eigenvalue weighted by molar-refractivity contribution is 0.103. The van der Waals surface area contributed by atoms with Gasteiger partial charge in [0.2, 0.25) is 10.0 Å². The Bertz CT molecular complexity index is 1300. The first-order valence-electron chi connectivity index (χ1n) is 11.0. The summed E-state index contributed by atoms with van der Waals surface area (Å²) in [7, 11) is -1.56. The topological polar surface area (TPSA) is 88.2 Å². The third-order valence-electron chi connectivity index (χ3n) is 5.87. The van der Waals surface area contributed by atoms with E-state index in [1.807, 2.05) is 31.3 Å². The number of amides is 1. The van der Waals surface area contributed by atoms with Crippen molar-refractivity contribution in [1.82, 2.24) is 9.21 Å². The van der Waals surface area contributed by atoms with Gasteiger partial charge < -0.3 is 19.7 Å². The molecule has 0 saturated carbocycles. The number of anilines is 1. The van der Waals surface area contributed by atoms with E-state index in [2.05, 4.69) is 10.2 Å². The van der Waals surface area contributed by atoms with Gasteiger partial charge in [-0.15, -0.1) is 11.3 Å². The quantitative estimate of drug-likeness (QED) is 0.579. The average Bonchev–Trinajstić information content (AvgIpc) is 3.35. The molecule has 1 aromatic heterocycles. The fourth-order valence-corrected chi connectivity index (χ4v) is 6.21. The van der Waals surface area contributed by atoms with Crippen molar-refractivity contribution in [3.63, 3.8) is 0 Å². The lowest BCUT2D eigenvalue weighted by Crippen LogP contribution is -2.46. The zero-order chi connectivity index (χ0) is 23.7. The molecule has 178 valence electrons. The lowest BCUT2D eigenvalue weighted by atomic mass is 10.1. The SMILES string of the molecule is CN1CCN(S(=O)(=O)c2ccc(NC(=O)c3ccc(-c4ccc5c(c4)OCCO5)s3)cc2)CC1. The second-order valence-corrected chi connectivity index (χ2v) is 11.2. The van der Waals surface area contributed by atoms with E-state index in [9.17, 15) is 13.2 Å². The Balaban J connectivity index is 1.26. The molecule has 0 aliphatic carbocycles. The minimum atomic E-state index is -3.54. The Kier molecular flexibility index (Phi) is 6.30. The molecule has 0 unspecified atom stereocenters. The second-order valence-electron chi connectivity index (χ2n) is 8.21. The van der Waals surface area contributed by atoms with Crippen LogP contribution in [-0.4, -0.2) is 70.0 Å². The van der Waals surface area contributed by atoms with Gasteiger partial charge in [0.1, 0.15) is 13.2 Å². The summed E-state index contributed by atoms with van der Waals surface area (Å²) in [5.41, 5.74) is 1.49. The smallest absolute Gasteiger partial charge is 0.265 e. The van der Waals surface area contributed by atoms with Crippen LogP contribution in [0.3, 0.4) is 0 Å². The van der Waals surface area contributed by atoms with Gasteiger partial charge >= 0.3 is 0 Å². The van der Waals surface area contributed by atoms with E-state index >= 15 is 0 Å². The minimum Gasteiger partial charge on any atom is -0.486 e. The molecule has 34 heavy (non-hydrogen) atoms. The maximum Gasteiger partial charge on any atom is 0.265 e. The molecule has 0 radical (unpaired) electrons. The lowest BCUT2D eigenvalue weighted by Gasteiger charge is -2.31. The van der Waals surface area contributed by atoms with Crippen molar-refractivity contribution < 1.29 is 22.7 Å². The molecule has 1 saturated heterocycles. The molecule has 1 fully saturated rings. The molecule has 1 amide bonds. The molecular formula is C24H25N3O5S2. The normalized spacial score (nSPS) is 16.9. The van der Waals surface area contributed by atoms with Gasteiger partial charge in [0, 0.05) is 36.7 Å². The van der Waals surface area contributed by atoms with Gasteiger partial charge in [-0.25, -0.2) is 8.42 Å². The van der Waals surface area contributed by atoms with Gasteiger partial charge in [0.25, 0.3) is 5.91 Å². The van der Waals surface area contributed by atoms with E-state index in [0.29, 0.717) is 55.7 Å². The Morgan fingerprint density at radius 2 is 1.62 bits per heavy atom. The van der Waals surface area contributed by atoms with Crippen LogP contribution in [0.2, 0.25) is 0 Å². The van der Waals surface area contributed by atoms with Gasteiger partial charge in [-0.05, 0) is 67.2 Å². The van der Waals surface area contributed by atoms with Crippen molar-refractivity contribution in [2.24, 2.45) is 0 Å². The van der Waals surface area contributed by atoms with E-state index < -0.39 is 10.0 Å². The van der Waals surface area contributed by atoms with Crippen LogP contribution in [0.25, 0.3) is 10.4 Å². The number of hydrogen-bond donors (Lipinski definition) is 1. The van der Waals surface area contributed by atoms with E-state index in [0.717, 1.165) is 16.2 Å². The maximum atomic E-state index is 12.9. The molecule has 10 heteroatoms. The van der Waals surface area contributed by atoms with Crippen LogP contribution in [0.4, 0.5) is 5.69 Å². The summed E-state index contributed by atoms with van der Waals surface area (Å²) in [5.74, 6) is 1.18. The van der Waals surface area contributed by atoms with E-state index in [4.69, 9.17) is 9.47 Å². The van der Waals surface area contributed by atoms with Gasteiger partial charge in [-0.2, -0.15) is 4.31 Å². The molecule has 3 heterocycles. The fraction of sp³-hybridized carbons (Fsp3) is 0.292. The maximum absolute atomic E-state index is 12.9. The molecule has 2 aliphatic rings. The predicted octanol–water partition coefficient (Wildman–Crippen LogP) is 3.37. The number of hydrogen-bond acceptors (Lipinski definition) is 7. The van der Waals surface area contributed by atoms with Crippen LogP contribution in [0, 0.1) is 0 Å². The molecule has 8 nitrogen and oxygen atoms in total. The third-order valence-corrected chi connectivity index (χ3v) is 8.91. The summed E-state index contributed by atoms with van der Waals surface area (Å²) in [6.07, 6.45) is 0. The van der Waals surface area contributed by atoms with E-state index in [1.54, 1.807) is 18.2 Å². The number of carbonyl (C=O) groups excluding carboxylic acids is 1. The summed E-state index contributed by atoms with van der Waals surface area (Å²) in [4.78, 5) is 16.6. The number of piperazine rings is 1. The third kappa shape index (κ3) is 4.67. The van der Waals surface area contributed by atoms with Crippen molar-refractivity contribution >= 4 is 33.0 Å². The summed E-state index contributed by atoms with van der Waals surface area (Å²) < 4.78 is 38.5.